The first-order valence-electron chi connectivity index (χ1n) is 5.42. The highest BCUT2D eigenvalue weighted by molar-refractivity contribution is 7.61. The van der Waals surface area contributed by atoms with E-state index < -0.39 is 7.60 Å². The van der Waals surface area contributed by atoms with Crippen LogP contribution in [0.1, 0.15) is 18.6 Å². The van der Waals surface area contributed by atoms with E-state index in [1.165, 1.54) is 29.9 Å². The molecule has 0 radical (unpaired) electrons. The molecule has 7 heteroatoms. The van der Waals surface area contributed by atoms with Gasteiger partial charge in [0.05, 0.1) is 23.6 Å². The third-order valence-corrected chi connectivity index (χ3v) is 4.02. The van der Waals surface area contributed by atoms with Crippen LogP contribution in [0.4, 0.5) is 0 Å². The van der Waals surface area contributed by atoms with E-state index in [9.17, 15) is 14.3 Å². The van der Waals surface area contributed by atoms with Crippen LogP contribution < -0.4 is 5.30 Å². The summed E-state index contributed by atoms with van der Waals surface area (Å²) < 4.78 is 17.9. The lowest BCUT2D eigenvalue weighted by atomic mass is 10.2. The first-order valence-corrected chi connectivity index (χ1v) is 7.00. The number of benzene rings is 1. The van der Waals surface area contributed by atoms with Gasteiger partial charge in [-0.15, -0.1) is 0 Å². The van der Waals surface area contributed by atoms with Crippen molar-refractivity contribution in [2.24, 2.45) is 0 Å². The van der Waals surface area contributed by atoms with Crippen LogP contribution >= 0.6 is 7.60 Å². The van der Waals surface area contributed by atoms with Crippen LogP contribution in [0.25, 0.3) is 10.9 Å². The van der Waals surface area contributed by atoms with E-state index in [1.54, 1.807) is 13.0 Å². The minimum Gasteiger partial charge on any atom is -0.321 e. The van der Waals surface area contributed by atoms with Crippen LogP contribution in [0.2, 0.25) is 0 Å². The van der Waals surface area contributed by atoms with Crippen molar-refractivity contribution in [3.05, 3.63) is 24.4 Å². The number of hydrogen-bond acceptors (Lipinski definition) is 4. The lowest BCUT2D eigenvalue weighted by Crippen LogP contribution is -2.09. The normalized spacial score (nSPS) is 14.6. The summed E-state index contributed by atoms with van der Waals surface area (Å²) in [5.41, 5.74) is 0.600. The summed E-state index contributed by atoms with van der Waals surface area (Å²) in [7, 11) is -3.79. The highest BCUT2D eigenvalue weighted by atomic mass is 31.2. The quantitative estimate of drug-likeness (QED) is 0.854. The Balaban J connectivity index is 2.53. The van der Waals surface area contributed by atoms with Gasteiger partial charge in [-0.3, -0.25) is 9.36 Å². The number of carbonyl (C=O) groups excluding carboxylic acids is 1. The Morgan fingerprint density at radius 3 is 2.89 bits per heavy atom. The van der Waals surface area contributed by atoms with E-state index in [0.717, 1.165) is 0 Å². The van der Waals surface area contributed by atoms with Gasteiger partial charge in [0.2, 0.25) is 5.91 Å². The largest absolute Gasteiger partial charge is 0.358 e. The molecule has 0 fully saturated rings. The van der Waals surface area contributed by atoms with Crippen molar-refractivity contribution >= 4 is 29.7 Å². The molecule has 18 heavy (non-hydrogen) atoms. The molecule has 1 heterocycles. The molecule has 0 saturated carbocycles. The van der Waals surface area contributed by atoms with Gasteiger partial charge >= 0.3 is 7.60 Å². The van der Waals surface area contributed by atoms with Crippen molar-refractivity contribution in [2.45, 2.75) is 13.8 Å². The molecular formula is C11H13N2O4P. The summed E-state index contributed by atoms with van der Waals surface area (Å²) in [6.07, 6.45) is 1.48. The van der Waals surface area contributed by atoms with Crippen molar-refractivity contribution in [2.75, 3.05) is 6.61 Å². The topological polar surface area (TPSA) is 81.4 Å². The van der Waals surface area contributed by atoms with Crippen molar-refractivity contribution < 1.29 is 18.8 Å². The molecule has 1 atom stereocenters. The fourth-order valence-corrected chi connectivity index (χ4v) is 2.76. The number of nitrogens with zero attached hydrogens (tertiary/aromatic N) is 2. The summed E-state index contributed by atoms with van der Waals surface area (Å²) in [6.45, 7) is 3.20. The van der Waals surface area contributed by atoms with E-state index in [4.69, 9.17) is 4.52 Å². The third kappa shape index (κ3) is 2.22. The van der Waals surface area contributed by atoms with Crippen molar-refractivity contribution in [3.63, 3.8) is 0 Å². The fraction of sp³-hybridized carbons (Fsp3) is 0.273. The zero-order valence-electron chi connectivity index (χ0n) is 10.0. The Hall–Kier alpha value is -1.49. The molecule has 0 saturated heterocycles. The van der Waals surface area contributed by atoms with Crippen LogP contribution in [0.5, 0.6) is 0 Å². The minimum atomic E-state index is -3.79. The molecular weight excluding hydrogens is 255 g/mol. The first kappa shape index (κ1) is 13.0. The smallest absolute Gasteiger partial charge is 0.321 e. The Bertz CT molecular complexity index is 650. The van der Waals surface area contributed by atoms with E-state index >= 15 is 0 Å². The van der Waals surface area contributed by atoms with Crippen molar-refractivity contribution in [1.82, 2.24) is 9.78 Å². The SMILES string of the molecule is CCOP(=O)(O)c1ccc2c(cnn2C(C)=O)c1. The lowest BCUT2D eigenvalue weighted by Gasteiger charge is -2.10. The minimum absolute atomic E-state index is 0.151. The second kappa shape index (κ2) is 4.65. The van der Waals surface area contributed by atoms with Gasteiger partial charge < -0.3 is 9.42 Å². The molecule has 0 aliphatic heterocycles. The van der Waals surface area contributed by atoms with E-state index in [1.807, 2.05) is 0 Å². The molecule has 0 spiro atoms. The van der Waals surface area contributed by atoms with Gasteiger partial charge in [-0.1, -0.05) is 0 Å². The molecule has 1 aromatic heterocycles. The summed E-state index contributed by atoms with van der Waals surface area (Å²) >= 11 is 0. The maximum Gasteiger partial charge on any atom is 0.358 e. The van der Waals surface area contributed by atoms with E-state index in [2.05, 4.69) is 5.10 Å². The lowest BCUT2D eigenvalue weighted by molar-refractivity contribution is 0.0926. The highest BCUT2D eigenvalue weighted by Gasteiger charge is 2.22. The zero-order chi connectivity index (χ0) is 13.3. The molecule has 1 unspecified atom stereocenters. The Kier molecular flexibility index (Phi) is 3.34. The van der Waals surface area contributed by atoms with E-state index in [0.29, 0.717) is 10.9 Å². The number of fused-ring (bicyclic) bond motifs is 1. The maximum atomic E-state index is 11.8. The third-order valence-electron chi connectivity index (χ3n) is 2.48. The van der Waals surface area contributed by atoms with Crippen molar-refractivity contribution in [1.29, 1.82) is 0 Å². The summed E-state index contributed by atoms with van der Waals surface area (Å²) in [6, 6.07) is 4.57. The predicted molar refractivity (Wildman–Crippen MR) is 67.1 cm³/mol. The van der Waals surface area contributed by atoms with Gasteiger partial charge in [0.1, 0.15) is 0 Å². The van der Waals surface area contributed by atoms with E-state index in [-0.39, 0.29) is 17.8 Å². The predicted octanol–water partition coefficient (Wildman–Crippen LogP) is 1.54. The molecule has 0 amide bonds. The Labute approximate surface area is 104 Å². The van der Waals surface area contributed by atoms with Crippen LogP contribution in [-0.4, -0.2) is 27.2 Å². The molecule has 0 aliphatic carbocycles. The summed E-state index contributed by atoms with van der Waals surface area (Å²) in [5.74, 6) is -0.213. The molecule has 6 nitrogen and oxygen atoms in total. The molecule has 96 valence electrons. The Morgan fingerprint density at radius 2 is 2.28 bits per heavy atom. The molecule has 0 aliphatic rings. The number of carbonyl (C=O) groups is 1. The maximum absolute atomic E-state index is 11.8. The number of hydrogen-bond donors (Lipinski definition) is 1. The number of rotatable bonds is 3. The molecule has 2 aromatic rings. The van der Waals surface area contributed by atoms with Gasteiger partial charge in [0.15, 0.2) is 0 Å². The second-order valence-electron chi connectivity index (χ2n) is 3.76. The van der Waals surface area contributed by atoms with Gasteiger partial charge in [0.25, 0.3) is 0 Å². The average molecular weight is 268 g/mol. The fourth-order valence-electron chi connectivity index (χ4n) is 1.70. The van der Waals surface area contributed by atoms with Gasteiger partial charge in [-0.25, -0.2) is 4.68 Å². The average Bonchev–Trinajstić information content (AvgIpc) is 2.71. The molecule has 0 bridgehead atoms. The van der Waals surface area contributed by atoms with Gasteiger partial charge in [-0.05, 0) is 25.1 Å². The van der Waals surface area contributed by atoms with Gasteiger partial charge in [0, 0.05) is 12.3 Å². The van der Waals surface area contributed by atoms with Gasteiger partial charge in [-0.2, -0.15) is 5.10 Å². The highest BCUT2D eigenvalue weighted by Crippen LogP contribution is 2.40. The second-order valence-corrected chi connectivity index (χ2v) is 5.57. The van der Waals surface area contributed by atoms with Crippen LogP contribution in [-0.2, 0) is 9.09 Å². The Morgan fingerprint density at radius 1 is 1.56 bits per heavy atom. The summed E-state index contributed by atoms with van der Waals surface area (Å²) in [5, 5.41) is 4.74. The van der Waals surface area contributed by atoms with Crippen LogP contribution in [0.3, 0.4) is 0 Å². The molecule has 1 aromatic carbocycles. The van der Waals surface area contributed by atoms with Crippen LogP contribution in [0.15, 0.2) is 24.4 Å². The monoisotopic (exact) mass is 268 g/mol. The molecule has 1 N–H and O–H groups in total. The number of aromatic nitrogens is 2. The van der Waals surface area contributed by atoms with Crippen molar-refractivity contribution in [3.8, 4) is 0 Å². The zero-order valence-corrected chi connectivity index (χ0v) is 10.9. The molecule has 2 rings (SSSR count). The standard InChI is InChI=1S/C11H13N2O4P/c1-3-17-18(15,16)10-4-5-11-9(6-10)7-12-13(11)8(2)14/h4-7H,3H2,1-2H3,(H,15,16). The first-order chi connectivity index (χ1) is 8.45. The van der Waals surface area contributed by atoms with Crippen LogP contribution in [0, 0.1) is 0 Å². The summed E-state index contributed by atoms with van der Waals surface area (Å²) in [4.78, 5) is 21.0.